The van der Waals surface area contributed by atoms with Gasteiger partial charge in [0.05, 0.1) is 12.8 Å². The first kappa shape index (κ1) is 26.7. The van der Waals surface area contributed by atoms with Crippen molar-refractivity contribution in [2.45, 2.75) is 70.5 Å². The van der Waals surface area contributed by atoms with Crippen molar-refractivity contribution in [1.29, 1.82) is 0 Å². The number of carbonyl (C=O) groups excluding carboxylic acids is 3. The highest BCUT2D eigenvalue weighted by atomic mass is 16.5. The van der Waals surface area contributed by atoms with Crippen molar-refractivity contribution in [3.05, 3.63) is 71.8 Å². The summed E-state index contributed by atoms with van der Waals surface area (Å²) in [5.41, 5.74) is 2.52. The van der Waals surface area contributed by atoms with E-state index in [1.165, 1.54) is 0 Å². The highest BCUT2D eigenvalue weighted by Crippen LogP contribution is 2.37. The summed E-state index contributed by atoms with van der Waals surface area (Å²) >= 11 is 0. The molecule has 1 N–H and O–H groups in total. The van der Waals surface area contributed by atoms with E-state index in [4.69, 9.17) is 4.74 Å². The number of amides is 3. The van der Waals surface area contributed by atoms with Gasteiger partial charge in [-0.25, -0.2) is 0 Å². The third kappa shape index (κ3) is 5.63. The Kier molecular flexibility index (Phi) is 8.15. The van der Waals surface area contributed by atoms with Crippen molar-refractivity contribution in [3.63, 3.8) is 0 Å². The maximum Gasteiger partial charge on any atom is 0.258 e. The molecule has 0 radical (unpaired) electrons. The van der Waals surface area contributed by atoms with Gasteiger partial charge in [-0.3, -0.25) is 14.4 Å². The van der Waals surface area contributed by atoms with E-state index in [1.54, 1.807) is 16.9 Å². The van der Waals surface area contributed by atoms with Gasteiger partial charge in [-0.1, -0.05) is 56.2 Å². The van der Waals surface area contributed by atoms with Gasteiger partial charge in [-0.05, 0) is 60.9 Å². The summed E-state index contributed by atoms with van der Waals surface area (Å²) in [6.45, 7) is 2.71. The largest absolute Gasteiger partial charge is 0.497 e. The Morgan fingerprint density at radius 3 is 2.56 bits per heavy atom. The lowest BCUT2D eigenvalue weighted by Crippen LogP contribution is -2.51. The van der Waals surface area contributed by atoms with E-state index in [9.17, 15) is 14.4 Å². The van der Waals surface area contributed by atoms with E-state index >= 15 is 0 Å². The van der Waals surface area contributed by atoms with Crippen molar-refractivity contribution >= 4 is 34.2 Å². The summed E-state index contributed by atoms with van der Waals surface area (Å²) in [5, 5.41) is 5.21. The van der Waals surface area contributed by atoms with Crippen molar-refractivity contribution in [2.24, 2.45) is 0 Å². The molecule has 7 heteroatoms. The van der Waals surface area contributed by atoms with Crippen LogP contribution in [0, 0.1) is 0 Å². The zero-order chi connectivity index (χ0) is 27.4. The fourth-order valence-electron chi connectivity index (χ4n) is 5.99. The second kappa shape index (κ2) is 11.9. The molecule has 1 saturated carbocycles. The maximum absolute atomic E-state index is 13.7. The fraction of sp³-hybridized carbons (Fsp3) is 0.406. The molecule has 2 aliphatic rings. The highest BCUT2D eigenvalue weighted by molar-refractivity contribution is 6.25. The molecule has 0 bridgehead atoms. The van der Waals surface area contributed by atoms with Crippen LogP contribution in [0.5, 0.6) is 5.75 Å². The lowest BCUT2D eigenvalue weighted by Gasteiger charge is -2.32. The minimum Gasteiger partial charge on any atom is -0.497 e. The molecule has 1 atom stereocenters. The molecule has 5 rings (SSSR count). The molecule has 0 spiro atoms. The van der Waals surface area contributed by atoms with Gasteiger partial charge in [0.25, 0.3) is 5.91 Å². The van der Waals surface area contributed by atoms with Crippen LogP contribution < -0.4 is 15.0 Å². The number of nitrogens with zero attached hydrogens (tertiary/aromatic N) is 2. The number of hydrogen-bond acceptors (Lipinski definition) is 4. The van der Waals surface area contributed by atoms with Gasteiger partial charge in [0.2, 0.25) is 11.8 Å². The van der Waals surface area contributed by atoms with Crippen molar-refractivity contribution in [1.82, 2.24) is 10.2 Å². The zero-order valence-electron chi connectivity index (χ0n) is 22.8. The minimum absolute atomic E-state index is 0.0233. The van der Waals surface area contributed by atoms with Gasteiger partial charge >= 0.3 is 0 Å². The second-order valence-electron chi connectivity index (χ2n) is 10.5. The van der Waals surface area contributed by atoms with E-state index in [0.717, 1.165) is 47.7 Å². The third-order valence-electron chi connectivity index (χ3n) is 8.00. The maximum atomic E-state index is 13.7. The Balaban J connectivity index is 1.30. The molecule has 0 unspecified atom stereocenters. The number of methoxy groups -OCH3 is 1. The van der Waals surface area contributed by atoms with Crippen LogP contribution in [0.3, 0.4) is 0 Å². The van der Waals surface area contributed by atoms with Crippen molar-refractivity contribution < 1.29 is 19.1 Å². The second-order valence-corrected chi connectivity index (χ2v) is 10.5. The molecule has 1 fully saturated rings. The molecule has 3 aromatic rings. The quantitative estimate of drug-likeness (QED) is 0.359. The number of hydrogen-bond donors (Lipinski definition) is 1. The number of carbonyl (C=O) groups is 3. The number of rotatable bonds is 11. The SMILES string of the molecule is CC[C@H](C(=O)NC1CCCC1)N(Cc1cccc(OC)c1)C(=O)CCCN1C(=O)c2cccc3cccc1c23. The minimum atomic E-state index is -0.560. The van der Waals surface area contributed by atoms with Crippen LogP contribution in [0.25, 0.3) is 10.8 Å². The molecular formula is C32H37N3O4. The Labute approximate surface area is 230 Å². The van der Waals surface area contributed by atoms with Gasteiger partial charge in [0.15, 0.2) is 0 Å². The smallest absolute Gasteiger partial charge is 0.258 e. The van der Waals surface area contributed by atoms with Crippen LogP contribution in [-0.2, 0) is 16.1 Å². The first-order valence-corrected chi connectivity index (χ1v) is 14.1. The van der Waals surface area contributed by atoms with Crippen LogP contribution in [0.1, 0.15) is 67.8 Å². The van der Waals surface area contributed by atoms with Crippen LogP contribution in [0.4, 0.5) is 5.69 Å². The average Bonchev–Trinajstić information content (AvgIpc) is 3.56. The van der Waals surface area contributed by atoms with Gasteiger partial charge in [-0.15, -0.1) is 0 Å². The highest BCUT2D eigenvalue weighted by Gasteiger charge is 2.32. The molecule has 204 valence electrons. The number of ether oxygens (including phenoxy) is 1. The molecule has 1 aliphatic carbocycles. The van der Waals surface area contributed by atoms with Gasteiger partial charge in [0.1, 0.15) is 11.8 Å². The van der Waals surface area contributed by atoms with E-state index in [0.29, 0.717) is 37.2 Å². The summed E-state index contributed by atoms with van der Waals surface area (Å²) in [5.74, 6) is 0.514. The molecule has 3 amide bonds. The van der Waals surface area contributed by atoms with Gasteiger partial charge < -0.3 is 19.9 Å². The Morgan fingerprint density at radius 2 is 1.82 bits per heavy atom. The summed E-state index contributed by atoms with van der Waals surface area (Å²) in [6.07, 6.45) is 5.51. The monoisotopic (exact) mass is 527 g/mol. The zero-order valence-corrected chi connectivity index (χ0v) is 22.8. The van der Waals surface area contributed by atoms with Crippen LogP contribution in [-0.4, -0.2) is 48.4 Å². The first-order chi connectivity index (χ1) is 19.0. The lowest BCUT2D eigenvalue weighted by molar-refractivity contribution is -0.141. The third-order valence-corrected chi connectivity index (χ3v) is 8.00. The normalized spacial score (nSPS) is 15.5. The lowest BCUT2D eigenvalue weighted by atomic mass is 10.1. The first-order valence-electron chi connectivity index (χ1n) is 14.1. The topological polar surface area (TPSA) is 79.0 Å². The standard InChI is InChI=1S/C32H37N3O4/c1-3-27(31(37)33-24-13-4-5-14-24)35(21-22-10-6-15-25(20-22)39-2)29(36)18-9-19-34-28-17-8-12-23-11-7-16-26(30(23)28)32(34)38/h6-8,10-12,15-17,20,24,27H,3-5,9,13-14,18-19,21H2,1-2H3,(H,33,37)/t27-/m1/s1. The molecule has 3 aromatic carbocycles. The number of nitrogens with one attached hydrogen (secondary N) is 1. The molecule has 39 heavy (non-hydrogen) atoms. The molecule has 1 heterocycles. The molecular weight excluding hydrogens is 490 g/mol. The predicted molar refractivity (Wildman–Crippen MR) is 153 cm³/mol. The fourth-order valence-corrected chi connectivity index (χ4v) is 5.99. The van der Waals surface area contributed by atoms with E-state index in [-0.39, 0.29) is 30.2 Å². The Morgan fingerprint density at radius 1 is 1.08 bits per heavy atom. The van der Waals surface area contributed by atoms with Crippen molar-refractivity contribution in [3.8, 4) is 5.75 Å². The van der Waals surface area contributed by atoms with E-state index in [2.05, 4.69) is 5.32 Å². The summed E-state index contributed by atoms with van der Waals surface area (Å²) in [4.78, 5) is 43.7. The Hall–Kier alpha value is -3.87. The van der Waals surface area contributed by atoms with E-state index < -0.39 is 6.04 Å². The van der Waals surface area contributed by atoms with Gasteiger partial charge in [0, 0.05) is 36.5 Å². The van der Waals surface area contributed by atoms with Gasteiger partial charge in [-0.2, -0.15) is 0 Å². The summed E-state index contributed by atoms with van der Waals surface area (Å²) < 4.78 is 5.38. The molecule has 0 saturated heterocycles. The van der Waals surface area contributed by atoms with Crippen LogP contribution in [0.15, 0.2) is 60.7 Å². The molecule has 1 aliphatic heterocycles. The average molecular weight is 528 g/mol. The predicted octanol–water partition coefficient (Wildman–Crippen LogP) is 5.46. The number of benzene rings is 3. The van der Waals surface area contributed by atoms with Crippen LogP contribution in [0.2, 0.25) is 0 Å². The molecule has 0 aromatic heterocycles. The number of anilines is 1. The summed E-state index contributed by atoms with van der Waals surface area (Å²) in [6, 6.07) is 19.0. The van der Waals surface area contributed by atoms with E-state index in [1.807, 2.05) is 67.6 Å². The van der Waals surface area contributed by atoms with Crippen LogP contribution >= 0.6 is 0 Å². The van der Waals surface area contributed by atoms with Crippen molar-refractivity contribution in [2.75, 3.05) is 18.6 Å². The Bertz CT molecular complexity index is 1360. The summed E-state index contributed by atoms with van der Waals surface area (Å²) in [7, 11) is 1.62. The molecule has 7 nitrogen and oxygen atoms in total.